The lowest BCUT2D eigenvalue weighted by atomic mass is 10.1. The Balaban J connectivity index is 2.34. The van der Waals surface area contributed by atoms with Crippen molar-refractivity contribution in [3.8, 4) is 5.75 Å². The van der Waals surface area contributed by atoms with Gasteiger partial charge in [-0.05, 0) is 38.0 Å². The summed E-state index contributed by atoms with van der Waals surface area (Å²) >= 11 is 0. The van der Waals surface area contributed by atoms with Gasteiger partial charge in [-0.3, -0.25) is 0 Å². The van der Waals surface area contributed by atoms with Gasteiger partial charge in [-0.2, -0.15) is 0 Å². The topological polar surface area (TPSA) is 51.3 Å². The molecule has 0 radical (unpaired) electrons. The quantitative estimate of drug-likeness (QED) is 0.845. The Kier molecular flexibility index (Phi) is 4.32. The Morgan fingerprint density at radius 3 is 2.70 bits per heavy atom. The number of ether oxygens (including phenoxy) is 2. The summed E-state index contributed by atoms with van der Waals surface area (Å²) in [4.78, 5) is 14.8. The molecule has 2 aromatic rings. The molecule has 0 amide bonds. The molecule has 0 saturated carbocycles. The number of hydrogen-bond acceptors (Lipinski definition) is 3. The first-order chi connectivity index (χ1) is 9.52. The molecule has 0 aliphatic rings. The summed E-state index contributed by atoms with van der Waals surface area (Å²) in [6, 6.07) is 7.54. The average molecular weight is 275 g/mol. The number of esters is 1. The summed E-state index contributed by atoms with van der Waals surface area (Å²) in [5.41, 5.74) is 1.33. The molecule has 0 bridgehead atoms. The van der Waals surface area contributed by atoms with Gasteiger partial charge in [0.1, 0.15) is 11.4 Å². The zero-order valence-electron chi connectivity index (χ0n) is 12.4. The molecule has 108 valence electrons. The van der Waals surface area contributed by atoms with E-state index < -0.39 is 0 Å². The van der Waals surface area contributed by atoms with Crippen LogP contribution in [0, 0.1) is 5.92 Å². The van der Waals surface area contributed by atoms with Crippen LogP contribution in [-0.4, -0.2) is 23.7 Å². The van der Waals surface area contributed by atoms with Gasteiger partial charge in [-0.25, -0.2) is 4.79 Å². The van der Waals surface area contributed by atoms with Crippen LogP contribution < -0.4 is 4.74 Å². The Hall–Kier alpha value is -1.97. The number of aromatic amines is 1. The maximum Gasteiger partial charge on any atom is 0.354 e. The lowest BCUT2D eigenvalue weighted by Gasteiger charge is -2.18. The number of carbonyl (C=O) groups excluding carboxylic acids is 1. The summed E-state index contributed by atoms with van der Waals surface area (Å²) in [6.45, 7) is 8.43. The van der Waals surface area contributed by atoms with Gasteiger partial charge < -0.3 is 14.5 Å². The first-order valence-electron chi connectivity index (χ1n) is 6.98. The fourth-order valence-electron chi connectivity index (χ4n) is 1.89. The SMILES string of the molecule is CCOC(=O)c1cc2c(OC(C)C(C)C)cccc2[nH]1. The van der Waals surface area contributed by atoms with E-state index in [2.05, 4.69) is 18.8 Å². The van der Waals surface area contributed by atoms with Crippen molar-refractivity contribution in [2.24, 2.45) is 5.92 Å². The van der Waals surface area contributed by atoms with Gasteiger partial charge in [0.05, 0.1) is 12.7 Å². The normalized spacial score (nSPS) is 12.7. The zero-order chi connectivity index (χ0) is 14.7. The predicted molar refractivity (Wildman–Crippen MR) is 79.2 cm³/mol. The number of nitrogens with one attached hydrogen (secondary N) is 1. The van der Waals surface area contributed by atoms with E-state index in [0.717, 1.165) is 16.7 Å². The average Bonchev–Trinajstić information content (AvgIpc) is 2.84. The number of H-pyrrole nitrogens is 1. The predicted octanol–water partition coefficient (Wildman–Crippen LogP) is 3.77. The molecule has 1 atom stereocenters. The van der Waals surface area contributed by atoms with E-state index in [0.29, 0.717) is 18.2 Å². The lowest BCUT2D eigenvalue weighted by molar-refractivity contribution is 0.0520. The Morgan fingerprint density at radius 2 is 2.05 bits per heavy atom. The highest BCUT2D eigenvalue weighted by Gasteiger charge is 2.15. The summed E-state index contributed by atoms with van der Waals surface area (Å²) in [5.74, 6) is 0.871. The van der Waals surface area contributed by atoms with Crippen LogP contribution in [0.15, 0.2) is 24.3 Å². The third-order valence-corrected chi connectivity index (χ3v) is 3.37. The van der Waals surface area contributed by atoms with Crippen molar-refractivity contribution in [2.75, 3.05) is 6.61 Å². The Morgan fingerprint density at radius 1 is 1.30 bits per heavy atom. The number of hydrogen-bond donors (Lipinski definition) is 1. The van der Waals surface area contributed by atoms with Crippen molar-refractivity contribution in [3.63, 3.8) is 0 Å². The van der Waals surface area contributed by atoms with Gasteiger partial charge in [0.25, 0.3) is 0 Å². The van der Waals surface area contributed by atoms with E-state index in [-0.39, 0.29) is 12.1 Å². The van der Waals surface area contributed by atoms with Gasteiger partial charge in [0, 0.05) is 10.9 Å². The number of fused-ring (bicyclic) bond motifs is 1. The molecule has 0 spiro atoms. The molecule has 20 heavy (non-hydrogen) atoms. The van der Waals surface area contributed by atoms with Crippen LogP contribution >= 0.6 is 0 Å². The van der Waals surface area contributed by atoms with Crippen LogP contribution in [0.5, 0.6) is 5.75 Å². The zero-order valence-corrected chi connectivity index (χ0v) is 12.4. The van der Waals surface area contributed by atoms with Gasteiger partial charge in [-0.1, -0.05) is 19.9 Å². The largest absolute Gasteiger partial charge is 0.490 e. The summed E-state index contributed by atoms with van der Waals surface area (Å²) in [7, 11) is 0. The van der Waals surface area contributed by atoms with Crippen molar-refractivity contribution < 1.29 is 14.3 Å². The fraction of sp³-hybridized carbons (Fsp3) is 0.438. The second kappa shape index (κ2) is 5.99. The van der Waals surface area contributed by atoms with Crippen molar-refractivity contribution in [3.05, 3.63) is 30.0 Å². The van der Waals surface area contributed by atoms with E-state index in [4.69, 9.17) is 9.47 Å². The minimum atomic E-state index is -0.341. The number of aromatic nitrogens is 1. The van der Waals surface area contributed by atoms with E-state index in [1.54, 1.807) is 13.0 Å². The maximum atomic E-state index is 11.8. The minimum absolute atomic E-state index is 0.113. The lowest BCUT2D eigenvalue weighted by Crippen LogP contribution is -2.18. The highest BCUT2D eigenvalue weighted by atomic mass is 16.5. The molecule has 1 unspecified atom stereocenters. The molecule has 0 aliphatic heterocycles. The van der Waals surface area contributed by atoms with Crippen molar-refractivity contribution >= 4 is 16.9 Å². The Labute approximate surface area is 119 Å². The van der Waals surface area contributed by atoms with Crippen LogP contribution in [0.25, 0.3) is 10.9 Å². The van der Waals surface area contributed by atoms with E-state index >= 15 is 0 Å². The third-order valence-electron chi connectivity index (χ3n) is 3.37. The maximum absolute atomic E-state index is 11.8. The van der Waals surface area contributed by atoms with Gasteiger partial charge in [0.15, 0.2) is 0 Å². The van der Waals surface area contributed by atoms with Crippen molar-refractivity contribution in [1.82, 2.24) is 4.98 Å². The van der Waals surface area contributed by atoms with Crippen LogP contribution in [0.3, 0.4) is 0 Å². The smallest absolute Gasteiger partial charge is 0.354 e. The summed E-state index contributed by atoms with van der Waals surface area (Å²) in [6.07, 6.45) is 0.113. The first kappa shape index (κ1) is 14.4. The summed E-state index contributed by atoms with van der Waals surface area (Å²) < 4.78 is 11.0. The molecule has 1 aromatic heterocycles. The highest BCUT2D eigenvalue weighted by Crippen LogP contribution is 2.28. The van der Waals surface area contributed by atoms with E-state index in [1.165, 1.54) is 0 Å². The van der Waals surface area contributed by atoms with Crippen molar-refractivity contribution in [1.29, 1.82) is 0 Å². The highest BCUT2D eigenvalue weighted by molar-refractivity contribution is 5.97. The number of rotatable bonds is 5. The molecule has 1 N–H and O–H groups in total. The Bertz CT molecular complexity index is 601. The number of carbonyl (C=O) groups is 1. The van der Waals surface area contributed by atoms with Crippen LogP contribution in [0.4, 0.5) is 0 Å². The van der Waals surface area contributed by atoms with Gasteiger partial charge in [0.2, 0.25) is 0 Å². The van der Waals surface area contributed by atoms with E-state index in [1.807, 2.05) is 25.1 Å². The standard InChI is InChI=1S/C16H21NO3/c1-5-19-16(18)14-9-12-13(17-14)7-6-8-15(12)20-11(4)10(2)3/h6-11,17H,5H2,1-4H3. The van der Waals surface area contributed by atoms with Crippen LogP contribution in [-0.2, 0) is 4.74 Å². The summed E-state index contributed by atoms with van der Waals surface area (Å²) in [5, 5.41) is 0.906. The molecule has 2 rings (SSSR count). The molecule has 4 nitrogen and oxygen atoms in total. The van der Waals surface area contributed by atoms with Gasteiger partial charge in [-0.15, -0.1) is 0 Å². The molecular formula is C16H21NO3. The molecular weight excluding hydrogens is 254 g/mol. The van der Waals surface area contributed by atoms with Crippen LogP contribution in [0.2, 0.25) is 0 Å². The molecule has 0 fully saturated rings. The first-order valence-corrected chi connectivity index (χ1v) is 6.98. The molecule has 4 heteroatoms. The fourth-order valence-corrected chi connectivity index (χ4v) is 1.89. The van der Waals surface area contributed by atoms with Crippen LogP contribution in [0.1, 0.15) is 38.2 Å². The van der Waals surface area contributed by atoms with Gasteiger partial charge >= 0.3 is 5.97 Å². The van der Waals surface area contributed by atoms with Crippen molar-refractivity contribution in [2.45, 2.75) is 33.8 Å². The molecule has 0 saturated heterocycles. The second-order valence-corrected chi connectivity index (χ2v) is 5.19. The minimum Gasteiger partial charge on any atom is -0.490 e. The second-order valence-electron chi connectivity index (χ2n) is 5.19. The van der Waals surface area contributed by atoms with E-state index in [9.17, 15) is 4.79 Å². The number of benzene rings is 1. The molecule has 0 aliphatic carbocycles. The monoisotopic (exact) mass is 275 g/mol. The third kappa shape index (κ3) is 2.95. The molecule has 1 heterocycles. The molecule has 1 aromatic carbocycles.